The maximum atomic E-state index is 13.5. The zero-order valence-electron chi connectivity index (χ0n) is 17.0. The molecule has 0 unspecified atom stereocenters. The second kappa shape index (κ2) is 9.32. The minimum Gasteiger partial charge on any atom is -0.290 e. The van der Waals surface area contributed by atoms with Gasteiger partial charge in [0.15, 0.2) is 0 Å². The van der Waals surface area contributed by atoms with E-state index in [1.807, 2.05) is 33.8 Å². The molecule has 0 spiro atoms. The quantitative estimate of drug-likeness (QED) is 0.708. The van der Waals surface area contributed by atoms with Crippen LogP contribution in [0.25, 0.3) is 0 Å². The van der Waals surface area contributed by atoms with Crippen LogP contribution in [-0.2, 0) is 13.0 Å². The highest BCUT2D eigenvalue weighted by molar-refractivity contribution is 6.09. The number of carbonyl (C=O) groups is 1. The van der Waals surface area contributed by atoms with Gasteiger partial charge in [-0.3, -0.25) is 19.1 Å². The van der Waals surface area contributed by atoms with Gasteiger partial charge in [-0.05, 0) is 43.4 Å². The van der Waals surface area contributed by atoms with E-state index >= 15 is 0 Å². The summed E-state index contributed by atoms with van der Waals surface area (Å²) in [4.78, 5) is 40.8. The number of benzene rings is 1. The molecule has 28 heavy (non-hydrogen) atoms. The van der Waals surface area contributed by atoms with Crippen LogP contribution in [0.2, 0.25) is 0 Å². The van der Waals surface area contributed by atoms with Gasteiger partial charge in [-0.25, -0.2) is 4.79 Å². The van der Waals surface area contributed by atoms with E-state index in [2.05, 4.69) is 11.1 Å². The van der Waals surface area contributed by atoms with Gasteiger partial charge in [0.1, 0.15) is 5.69 Å². The van der Waals surface area contributed by atoms with Crippen LogP contribution in [0.5, 0.6) is 0 Å². The van der Waals surface area contributed by atoms with E-state index in [9.17, 15) is 14.4 Å². The lowest BCUT2D eigenvalue weighted by Gasteiger charge is -2.17. The number of nitriles is 1. The molecule has 1 aromatic heterocycles. The summed E-state index contributed by atoms with van der Waals surface area (Å²) in [6.45, 7) is 7.94. The lowest BCUT2D eigenvalue weighted by atomic mass is 9.94. The Hall–Kier alpha value is -2.94. The molecule has 0 bridgehead atoms. The van der Waals surface area contributed by atoms with Crippen molar-refractivity contribution in [3.05, 3.63) is 67.0 Å². The fourth-order valence-corrected chi connectivity index (χ4v) is 3.37. The Morgan fingerprint density at radius 2 is 1.96 bits per heavy atom. The number of aromatic nitrogens is 2. The van der Waals surface area contributed by atoms with E-state index in [1.165, 1.54) is 4.57 Å². The van der Waals surface area contributed by atoms with Gasteiger partial charge in [-0.2, -0.15) is 5.26 Å². The lowest BCUT2D eigenvalue weighted by Crippen LogP contribution is -2.38. The Kier molecular flexibility index (Phi) is 7.11. The third kappa shape index (κ3) is 4.66. The van der Waals surface area contributed by atoms with Gasteiger partial charge in [0.05, 0.1) is 6.07 Å². The standard InChI is InChI=1S/C22H27N3O3/c1-5-6-10-25-19(18(14(2)3)21(27)24-22(25)28)20(26)17-12-15(4)11-16(13-17)8-7-9-23/h11-14H,5-8,10H2,1-4H3,(H,24,27,28). The minimum atomic E-state index is -0.552. The average molecular weight is 381 g/mol. The van der Waals surface area contributed by atoms with Crippen molar-refractivity contribution >= 4 is 5.78 Å². The maximum Gasteiger partial charge on any atom is 0.328 e. The lowest BCUT2D eigenvalue weighted by molar-refractivity contribution is 0.102. The fraction of sp³-hybridized carbons (Fsp3) is 0.455. The molecule has 0 atom stereocenters. The molecule has 6 nitrogen and oxygen atoms in total. The number of hydrogen-bond donors (Lipinski definition) is 1. The number of ketones is 1. The zero-order valence-corrected chi connectivity index (χ0v) is 17.0. The topological polar surface area (TPSA) is 95.7 Å². The van der Waals surface area contributed by atoms with Gasteiger partial charge in [-0.1, -0.05) is 38.8 Å². The molecule has 6 heteroatoms. The first-order valence-corrected chi connectivity index (χ1v) is 9.69. The molecule has 0 aliphatic rings. The molecule has 0 radical (unpaired) electrons. The van der Waals surface area contributed by atoms with Crippen LogP contribution in [0, 0.1) is 18.3 Å². The molecule has 148 valence electrons. The normalized spacial score (nSPS) is 10.9. The molecule has 0 aliphatic carbocycles. The van der Waals surface area contributed by atoms with Crippen LogP contribution in [-0.4, -0.2) is 15.3 Å². The van der Waals surface area contributed by atoms with Crippen LogP contribution >= 0.6 is 0 Å². The number of rotatable bonds is 8. The maximum absolute atomic E-state index is 13.5. The molecule has 0 saturated heterocycles. The first kappa shape index (κ1) is 21.4. The number of nitrogens with zero attached hydrogens (tertiary/aromatic N) is 2. The number of hydrogen-bond acceptors (Lipinski definition) is 4. The van der Waals surface area contributed by atoms with Crippen LogP contribution < -0.4 is 11.2 Å². The fourth-order valence-electron chi connectivity index (χ4n) is 3.37. The first-order chi connectivity index (χ1) is 13.3. The van der Waals surface area contributed by atoms with Crippen LogP contribution in [0.1, 0.15) is 78.7 Å². The molecule has 2 aromatic rings. The molecule has 1 N–H and O–H groups in total. The van der Waals surface area contributed by atoms with Crippen molar-refractivity contribution in [1.82, 2.24) is 9.55 Å². The summed E-state index contributed by atoms with van der Waals surface area (Å²) in [5.41, 5.74) is 1.68. The van der Waals surface area contributed by atoms with E-state index in [1.54, 1.807) is 12.1 Å². The monoisotopic (exact) mass is 381 g/mol. The van der Waals surface area contributed by atoms with E-state index < -0.39 is 11.2 Å². The predicted octanol–water partition coefficient (Wildman–Crippen LogP) is 3.46. The van der Waals surface area contributed by atoms with Crippen molar-refractivity contribution in [2.75, 3.05) is 0 Å². The number of carbonyl (C=O) groups excluding carboxylic acids is 1. The molecule has 1 heterocycles. The van der Waals surface area contributed by atoms with E-state index in [0.717, 1.165) is 24.0 Å². The Balaban J connectivity index is 2.70. The van der Waals surface area contributed by atoms with Crippen molar-refractivity contribution in [1.29, 1.82) is 5.26 Å². The summed E-state index contributed by atoms with van der Waals surface area (Å²) in [5.74, 6) is -0.538. The summed E-state index contributed by atoms with van der Waals surface area (Å²) < 4.78 is 1.40. The number of aryl methyl sites for hydroxylation is 2. The largest absolute Gasteiger partial charge is 0.328 e. The van der Waals surface area contributed by atoms with Crippen molar-refractivity contribution in [2.24, 2.45) is 0 Å². The highest BCUT2D eigenvalue weighted by Crippen LogP contribution is 2.20. The van der Waals surface area contributed by atoms with Gasteiger partial charge < -0.3 is 0 Å². The minimum absolute atomic E-state index is 0.175. The van der Waals surface area contributed by atoms with E-state index in [4.69, 9.17) is 5.26 Å². The second-order valence-corrected chi connectivity index (χ2v) is 7.38. The third-order valence-corrected chi connectivity index (χ3v) is 4.69. The molecule has 0 saturated carbocycles. The molecule has 0 amide bonds. The van der Waals surface area contributed by atoms with E-state index in [0.29, 0.717) is 30.5 Å². The molecule has 2 rings (SSSR count). The molecule has 0 aliphatic heterocycles. The first-order valence-electron chi connectivity index (χ1n) is 9.69. The van der Waals surface area contributed by atoms with Gasteiger partial charge in [0.2, 0.25) is 5.78 Å². The average Bonchev–Trinajstić information content (AvgIpc) is 2.63. The Labute approximate surface area is 164 Å². The summed E-state index contributed by atoms with van der Waals surface area (Å²) >= 11 is 0. The van der Waals surface area contributed by atoms with E-state index in [-0.39, 0.29) is 17.4 Å². The van der Waals surface area contributed by atoms with Crippen molar-refractivity contribution < 1.29 is 4.79 Å². The highest BCUT2D eigenvalue weighted by Gasteiger charge is 2.24. The van der Waals surface area contributed by atoms with Crippen LogP contribution in [0.4, 0.5) is 0 Å². The SMILES string of the molecule is CCCCn1c(C(=O)c2cc(C)cc(CCC#N)c2)c(C(C)C)c(=O)[nH]c1=O. The van der Waals surface area contributed by atoms with Gasteiger partial charge >= 0.3 is 5.69 Å². The van der Waals surface area contributed by atoms with Crippen molar-refractivity contribution in [3.63, 3.8) is 0 Å². The van der Waals surface area contributed by atoms with Crippen LogP contribution in [0.15, 0.2) is 27.8 Å². The van der Waals surface area contributed by atoms with Gasteiger partial charge in [-0.15, -0.1) is 0 Å². The summed E-state index contributed by atoms with van der Waals surface area (Å²) in [5, 5.41) is 8.84. The van der Waals surface area contributed by atoms with Crippen molar-refractivity contribution in [2.45, 2.75) is 65.8 Å². The van der Waals surface area contributed by atoms with Crippen LogP contribution in [0.3, 0.4) is 0 Å². The third-order valence-electron chi connectivity index (χ3n) is 4.69. The zero-order chi connectivity index (χ0) is 20.8. The Bertz CT molecular complexity index is 1020. The summed E-state index contributed by atoms with van der Waals surface area (Å²) in [7, 11) is 0. The molecule has 1 aromatic carbocycles. The summed E-state index contributed by atoms with van der Waals surface area (Å²) in [6, 6.07) is 7.57. The molecule has 0 fully saturated rings. The van der Waals surface area contributed by atoms with Gasteiger partial charge in [0.25, 0.3) is 5.56 Å². The highest BCUT2D eigenvalue weighted by atomic mass is 16.2. The second-order valence-electron chi connectivity index (χ2n) is 7.38. The van der Waals surface area contributed by atoms with Crippen molar-refractivity contribution in [3.8, 4) is 6.07 Å². The Morgan fingerprint density at radius 1 is 1.25 bits per heavy atom. The summed E-state index contributed by atoms with van der Waals surface area (Å²) in [6.07, 6.45) is 2.50. The molecular formula is C22H27N3O3. The predicted molar refractivity (Wildman–Crippen MR) is 109 cm³/mol. The number of unbranched alkanes of at least 4 members (excludes halogenated alkanes) is 1. The number of aromatic amines is 1. The smallest absolute Gasteiger partial charge is 0.290 e. The Morgan fingerprint density at radius 3 is 2.57 bits per heavy atom. The van der Waals surface area contributed by atoms with Gasteiger partial charge in [0, 0.05) is 24.1 Å². The number of nitrogens with one attached hydrogen (secondary N) is 1. The molecular weight excluding hydrogens is 354 g/mol. The number of H-pyrrole nitrogens is 1.